The van der Waals surface area contributed by atoms with Crippen molar-refractivity contribution in [3.63, 3.8) is 0 Å². The smallest absolute Gasteiger partial charge is 0.258 e. The van der Waals surface area contributed by atoms with Gasteiger partial charge in [0.25, 0.3) is 5.91 Å². The summed E-state index contributed by atoms with van der Waals surface area (Å²) >= 11 is 0. The van der Waals surface area contributed by atoms with E-state index in [0.717, 1.165) is 38.4 Å². The number of rotatable bonds is 5. The Balaban J connectivity index is 2.08. The van der Waals surface area contributed by atoms with Crippen LogP contribution in [-0.4, -0.2) is 43.6 Å². The second-order valence-corrected chi connectivity index (χ2v) is 5.43. The number of amides is 1. The van der Waals surface area contributed by atoms with Crippen molar-refractivity contribution in [3.05, 3.63) is 29.3 Å². The highest BCUT2D eigenvalue weighted by atomic mass is 19.2. The Morgan fingerprint density at radius 1 is 1.41 bits per heavy atom. The van der Waals surface area contributed by atoms with E-state index < -0.39 is 17.5 Å². The summed E-state index contributed by atoms with van der Waals surface area (Å²) in [5, 5.41) is 2.71. The molecule has 0 saturated carbocycles. The average molecular weight is 312 g/mol. The first-order valence-corrected chi connectivity index (χ1v) is 7.62. The van der Waals surface area contributed by atoms with Gasteiger partial charge in [0, 0.05) is 12.6 Å². The molecule has 0 radical (unpaired) electrons. The van der Waals surface area contributed by atoms with Gasteiger partial charge in [0.2, 0.25) is 0 Å². The van der Waals surface area contributed by atoms with Crippen LogP contribution in [0.2, 0.25) is 0 Å². The van der Waals surface area contributed by atoms with Gasteiger partial charge in [-0.25, -0.2) is 8.78 Å². The summed E-state index contributed by atoms with van der Waals surface area (Å²) in [6, 6.07) is 2.45. The Bertz CT molecular complexity index is 537. The van der Waals surface area contributed by atoms with Crippen LogP contribution < -0.4 is 10.1 Å². The second kappa shape index (κ2) is 7.54. The van der Waals surface area contributed by atoms with Crippen LogP contribution in [0.5, 0.6) is 5.75 Å². The summed E-state index contributed by atoms with van der Waals surface area (Å²) in [6.45, 7) is 4.42. The molecule has 4 nitrogen and oxygen atoms in total. The van der Waals surface area contributed by atoms with Gasteiger partial charge in [0.15, 0.2) is 11.6 Å². The normalized spacial score (nSPS) is 19.0. The third-order valence-electron chi connectivity index (χ3n) is 4.16. The summed E-state index contributed by atoms with van der Waals surface area (Å²) in [5.74, 6) is -2.84. The van der Waals surface area contributed by atoms with Crippen molar-refractivity contribution in [1.29, 1.82) is 0 Å². The Labute approximate surface area is 129 Å². The molecule has 1 fully saturated rings. The molecule has 0 spiro atoms. The minimum absolute atomic E-state index is 0.0346. The molecule has 0 aromatic heterocycles. The van der Waals surface area contributed by atoms with Gasteiger partial charge < -0.3 is 10.1 Å². The van der Waals surface area contributed by atoms with Crippen molar-refractivity contribution in [1.82, 2.24) is 10.2 Å². The number of carbonyl (C=O) groups is 1. The molecule has 6 heteroatoms. The third-order valence-corrected chi connectivity index (χ3v) is 4.16. The number of hydrogen-bond donors (Lipinski definition) is 1. The van der Waals surface area contributed by atoms with E-state index in [9.17, 15) is 13.6 Å². The van der Waals surface area contributed by atoms with Crippen LogP contribution in [-0.2, 0) is 0 Å². The number of hydrogen-bond acceptors (Lipinski definition) is 3. The maximum Gasteiger partial charge on any atom is 0.258 e. The number of likely N-dealkylation sites (N-methyl/N-ethyl adjacent to an activating group) is 1. The van der Waals surface area contributed by atoms with E-state index in [4.69, 9.17) is 4.74 Å². The fraction of sp³-hybridized carbons (Fsp3) is 0.562. The van der Waals surface area contributed by atoms with E-state index in [2.05, 4.69) is 17.1 Å². The Morgan fingerprint density at radius 2 is 2.18 bits per heavy atom. The van der Waals surface area contributed by atoms with Crippen LogP contribution in [0.15, 0.2) is 12.1 Å². The molecule has 1 amide bonds. The minimum Gasteiger partial charge on any atom is -0.496 e. The molecule has 1 aromatic carbocycles. The van der Waals surface area contributed by atoms with Crippen LogP contribution in [0.25, 0.3) is 0 Å². The van der Waals surface area contributed by atoms with Crippen molar-refractivity contribution in [2.45, 2.75) is 32.2 Å². The Hall–Kier alpha value is -1.69. The first-order valence-electron chi connectivity index (χ1n) is 7.62. The number of piperidine rings is 1. The van der Waals surface area contributed by atoms with Crippen LogP contribution in [0.3, 0.4) is 0 Å². The topological polar surface area (TPSA) is 41.6 Å². The number of halogens is 2. The van der Waals surface area contributed by atoms with Gasteiger partial charge in [-0.2, -0.15) is 0 Å². The first kappa shape index (κ1) is 16.7. The van der Waals surface area contributed by atoms with Gasteiger partial charge in [-0.05, 0) is 38.1 Å². The van der Waals surface area contributed by atoms with E-state index in [1.807, 2.05) is 0 Å². The maximum absolute atomic E-state index is 13.9. The molecule has 1 aromatic rings. The van der Waals surface area contributed by atoms with Crippen molar-refractivity contribution in [2.75, 3.05) is 26.7 Å². The quantitative estimate of drug-likeness (QED) is 0.908. The molecule has 0 unspecified atom stereocenters. The van der Waals surface area contributed by atoms with E-state index >= 15 is 0 Å². The highest BCUT2D eigenvalue weighted by molar-refractivity contribution is 5.97. The number of carbonyl (C=O) groups excluding carboxylic acids is 1. The van der Waals surface area contributed by atoms with Crippen LogP contribution in [0.1, 0.15) is 36.5 Å². The zero-order valence-corrected chi connectivity index (χ0v) is 13.0. The maximum atomic E-state index is 13.9. The molecule has 1 atom stereocenters. The molecule has 1 aliphatic heterocycles. The van der Waals surface area contributed by atoms with E-state index in [-0.39, 0.29) is 17.4 Å². The van der Waals surface area contributed by atoms with Gasteiger partial charge in [-0.3, -0.25) is 9.69 Å². The Morgan fingerprint density at radius 3 is 2.86 bits per heavy atom. The summed E-state index contributed by atoms with van der Waals surface area (Å²) in [6.07, 6.45) is 3.27. The standard InChI is InChI=1S/C16H22F2N2O2/c1-3-20-9-5-4-6-11(20)10-19-16(21)14-13(22-2)8-7-12(17)15(14)18/h7-8,11H,3-6,9-10H2,1-2H3,(H,19,21)/t11-/m1/s1. The number of likely N-dealkylation sites (tertiary alicyclic amines) is 1. The number of ether oxygens (including phenoxy) is 1. The molecule has 0 aliphatic carbocycles. The molecule has 122 valence electrons. The molecule has 0 bridgehead atoms. The molecule has 1 saturated heterocycles. The lowest BCUT2D eigenvalue weighted by Gasteiger charge is -2.34. The van der Waals surface area contributed by atoms with Gasteiger partial charge >= 0.3 is 0 Å². The van der Waals surface area contributed by atoms with Gasteiger partial charge in [-0.15, -0.1) is 0 Å². The number of nitrogens with one attached hydrogen (secondary N) is 1. The molecule has 22 heavy (non-hydrogen) atoms. The van der Waals surface area contributed by atoms with E-state index in [1.165, 1.54) is 13.2 Å². The summed E-state index contributed by atoms with van der Waals surface area (Å²) in [7, 11) is 1.32. The lowest BCUT2D eigenvalue weighted by Crippen LogP contribution is -2.46. The van der Waals surface area contributed by atoms with Crippen molar-refractivity contribution < 1.29 is 18.3 Å². The summed E-state index contributed by atoms with van der Waals surface area (Å²) < 4.78 is 32.2. The number of nitrogens with zero attached hydrogens (tertiary/aromatic N) is 1. The van der Waals surface area contributed by atoms with Crippen molar-refractivity contribution in [2.24, 2.45) is 0 Å². The lowest BCUT2D eigenvalue weighted by atomic mass is 10.0. The lowest BCUT2D eigenvalue weighted by molar-refractivity contribution is 0.0909. The zero-order valence-electron chi connectivity index (χ0n) is 13.0. The van der Waals surface area contributed by atoms with Gasteiger partial charge in [0.05, 0.1) is 7.11 Å². The van der Waals surface area contributed by atoms with Crippen LogP contribution >= 0.6 is 0 Å². The van der Waals surface area contributed by atoms with Crippen molar-refractivity contribution in [3.8, 4) is 5.75 Å². The fourth-order valence-electron chi connectivity index (χ4n) is 2.92. The van der Waals surface area contributed by atoms with Gasteiger partial charge in [0.1, 0.15) is 11.3 Å². The highest BCUT2D eigenvalue weighted by Gasteiger charge is 2.24. The van der Waals surface area contributed by atoms with E-state index in [0.29, 0.717) is 6.54 Å². The number of methoxy groups -OCH3 is 1. The molecule has 1 aliphatic rings. The molecular formula is C16H22F2N2O2. The SMILES string of the molecule is CCN1CCCC[C@@H]1CNC(=O)c1c(OC)ccc(F)c1F. The number of benzene rings is 1. The predicted molar refractivity (Wildman–Crippen MR) is 80.1 cm³/mol. The minimum atomic E-state index is -1.17. The molecular weight excluding hydrogens is 290 g/mol. The largest absolute Gasteiger partial charge is 0.496 e. The predicted octanol–water partition coefficient (Wildman–Crippen LogP) is 2.58. The zero-order chi connectivity index (χ0) is 16.1. The summed E-state index contributed by atoms with van der Waals surface area (Å²) in [5.41, 5.74) is -0.374. The monoisotopic (exact) mass is 312 g/mol. The Kier molecular flexibility index (Phi) is 5.71. The van der Waals surface area contributed by atoms with Gasteiger partial charge in [-0.1, -0.05) is 13.3 Å². The van der Waals surface area contributed by atoms with Crippen LogP contribution in [0, 0.1) is 11.6 Å². The first-order chi connectivity index (χ1) is 10.6. The average Bonchev–Trinajstić information content (AvgIpc) is 2.55. The van der Waals surface area contributed by atoms with Crippen molar-refractivity contribution >= 4 is 5.91 Å². The van der Waals surface area contributed by atoms with E-state index in [1.54, 1.807) is 0 Å². The highest BCUT2D eigenvalue weighted by Crippen LogP contribution is 2.23. The fourth-order valence-corrected chi connectivity index (χ4v) is 2.92. The third kappa shape index (κ3) is 3.55. The molecule has 1 heterocycles. The summed E-state index contributed by atoms with van der Waals surface area (Å²) in [4.78, 5) is 14.5. The van der Waals surface area contributed by atoms with Crippen LogP contribution in [0.4, 0.5) is 8.78 Å². The molecule has 1 N–H and O–H groups in total. The second-order valence-electron chi connectivity index (χ2n) is 5.43. The molecule has 2 rings (SSSR count).